The SMILES string of the molecule is O[C@H]1[C@@H](OCc2ccccc2)[C@@H](OCc2ccccc2)[C@@H](COCc2ccccc2)O[C@@H]1C(F)(F)Br. The van der Waals surface area contributed by atoms with Gasteiger partial charge in [0.1, 0.15) is 24.4 Å². The molecule has 1 N–H and O–H groups in total. The zero-order chi connectivity index (χ0) is 25.4. The lowest BCUT2D eigenvalue weighted by atomic mass is 9.94. The van der Waals surface area contributed by atoms with Gasteiger partial charge in [0, 0.05) is 0 Å². The third kappa shape index (κ3) is 7.41. The first-order chi connectivity index (χ1) is 17.4. The molecule has 4 rings (SSSR count). The summed E-state index contributed by atoms with van der Waals surface area (Å²) in [6.45, 7) is 0.564. The lowest BCUT2D eigenvalue weighted by molar-refractivity contribution is -0.284. The summed E-state index contributed by atoms with van der Waals surface area (Å²) in [6.07, 6.45) is -6.34. The Balaban J connectivity index is 1.54. The van der Waals surface area contributed by atoms with Crippen molar-refractivity contribution in [1.82, 2.24) is 0 Å². The van der Waals surface area contributed by atoms with Crippen molar-refractivity contribution in [1.29, 1.82) is 0 Å². The van der Waals surface area contributed by atoms with Crippen molar-refractivity contribution in [2.24, 2.45) is 0 Å². The molecule has 1 saturated heterocycles. The van der Waals surface area contributed by atoms with Crippen LogP contribution in [-0.2, 0) is 38.8 Å². The van der Waals surface area contributed by atoms with Gasteiger partial charge in [-0.05, 0) is 32.6 Å². The van der Waals surface area contributed by atoms with Crippen LogP contribution in [-0.4, -0.2) is 47.1 Å². The lowest BCUT2D eigenvalue weighted by Gasteiger charge is -2.45. The summed E-state index contributed by atoms with van der Waals surface area (Å²) in [5, 5.41) is 11.0. The highest BCUT2D eigenvalue weighted by Crippen LogP contribution is 2.38. The summed E-state index contributed by atoms with van der Waals surface area (Å²) in [6, 6.07) is 28.3. The fraction of sp³-hybridized carbons (Fsp3) is 0.357. The van der Waals surface area contributed by atoms with Crippen LogP contribution in [0.25, 0.3) is 0 Å². The van der Waals surface area contributed by atoms with E-state index in [1.165, 1.54) is 0 Å². The van der Waals surface area contributed by atoms with Gasteiger partial charge in [0.25, 0.3) is 0 Å². The van der Waals surface area contributed by atoms with E-state index in [1.54, 1.807) is 0 Å². The number of aliphatic hydroxyl groups excluding tert-OH is 1. The Labute approximate surface area is 218 Å². The van der Waals surface area contributed by atoms with Gasteiger partial charge in [0.05, 0.1) is 26.4 Å². The second kappa shape index (κ2) is 12.9. The molecule has 0 aliphatic carbocycles. The minimum absolute atomic E-state index is 0.0220. The van der Waals surface area contributed by atoms with Crippen molar-refractivity contribution in [2.75, 3.05) is 6.61 Å². The number of benzene rings is 3. The van der Waals surface area contributed by atoms with Crippen molar-refractivity contribution in [3.8, 4) is 0 Å². The quantitative estimate of drug-likeness (QED) is 0.313. The first-order valence-electron chi connectivity index (χ1n) is 11.7. The Kier molecular flexibility index (Phi) is 9.59. The molecule has 3 aromatic carbocycles. The summed E-state index contributed by atoms with van der Waals surface area (Å²) in [5.74, 6) is 0. The number of alkyl halides is 3. The van der Waals surface area contributed by atoms with Crippen LogP contribution in [0.15, 0.2) is 91.0 Å². The zero-order valence-electron chi connectivity index (χ0n) is 19.6. The van der Waals surface area contributed by atoms with Crippen LogP contribution in [0.2, 0.25) is 0 Å². The van der Waals surface area contributed by atoms with Gasteiger partial charge in [-0.25, -0.2) is 0 Å². The van der Waals surface area contributed by atoms with Crippen LogP contribution in [0.4, 0.5) is 8.78 Å². The third-order valence-corrected chi connectivity index (χ3v) is 6.40. The molecule has 0 unspecified atom stereocenters. The minimum Gasteiger partial charge on any atom is -0.387 e. The van der Waals surface area contributed by atoms with E-state index in [4.69, 9.17) is 18.9 Å². The van der Waals surface area contributed by atoms with Crippen LogP contribution in [0.3, 0.4) is 0 Å². The number of hydrogen-bond acceptors (Lipinski definition) is 5. The molecule has 36 heavy (non-hydrogen) atoms. The van der Waals surface area contributed by atoms with Crippen LogP contribution in [0.5, 0.6) is 0 Å². The highest BCUT2D eigenvalue weighted by Gasteiger charge is 2.55. The number of ether oxygens (including phenoxy) is 4. The molecule has 8 heteroatoms. The van der Waals surface area contributed by atoms with Crippen molar-refractivity contribution >= 4 is 15.9 Å². The minimum atomic E-state index is -3.48. The van der Waals surface area contributed by atoms with Gasteiger partial charge in [-0.3, -0.25) is 0 Å². The van der Waals surface area contributed by atoms with Crippen molar-refractivity contribution in [3.63, 3.8) is 0 Å². The molecule has 0 spiro atoms. The maximum Gasteiger partial charge on any atom is 0.329 e. The number of aliphatic hydroxyl groups is 1. The molecule has 1 aliphatic heterocycles. The molecule has 192 valence electrons. The molecule has 5 nitrogen and oxygen atoms in total. The van der Waals surface area contributed by atoms with E-state index in [0.717, 1.165) is 16.7 Å². The van der Waals surface area contributed by atoms with Gasteiger partial charge in [0.2, 0.25) is 0 Å². The maximum absolute atomic E-state index is 14.4. The van der Waals surface area contributed by atoms with E-state index in [9.17, 15) is 13.9 Å². The van der Waals surface area contributed by atoms with Crippen LogP contribution in [0.1, 0.15) is 16.7 Å². The van der Waals surface area contributed by atoms with Gasteiger partial charge < -0.3 is 24.1 Å². The second-order valence-electron chi connectivity index (χ2n) is 8.65. The predicted octanol–water partition coefficient (Wildman–Crippen LogP) is 5.49. The molecule has 0 saturated carbocycles. The molecule has 1 heterocycles. The molecule has 0 aromatic heterocycles. The summed E-state index contributed by atoms with van der Waals surface area (Å²) in [4.78, 5) is -3.48. The van der Waals surface area contributed by atoms with E-state index < -0.39 is 35.4 Å². The Morgan fingerprint density at radius 2 is 1.17 bits per heavy atom. The molecular formula is C28H29BrF2O5. The fourth-order valence-electron chi connectivity index (χ4n) is 4.13. The van der Waals surface area contributed by atoms with Crippen molar-refractivity contribution in [2.45, 2.75) is 55.2 Å². The fourth-order valence-corrected chi connectivity index (χ4v) is 4.50. The number of hydrogen-bond donors (Lipinski definition) is 1. The van der Waals surface area contributed by atoms with Gasteiger partial charge in [-0.15, -0.1) is 0 Å². The molecule has 1 aliphatic rings. The molecular weight excluding hydrogens is 534 g/mol. The first-order valence-corrected chi connectivity index (χ1v) is 12.5. The predicted molar refractivity (Wildman–Crippen MR) is 135 cm³/mol. The Bertz CT molecular complexity index is 1040. The van der Waals surface area contributed by atoms with Crippen LogP contribution >= 0.6 is 15.9 Å². The van der Waals surface area contributed by atoms with E-state index in [2.05, 4.69) is 15.9 Å². The summed E-state index contributed by atoms with van der Waals surface area (Å²) in [5.41, 5.74) is 2.68. The monoisotopic (exact) mass is 562 g/mol. The normalized spacial score (nSPS) is 24.5. The van der Waals surface area contributed by atoms with Crippen molar-refractivity contribution in [3.05, 3.63) is 108 Å². The lowest BCUT2D eigenvalue weighted by Crippen LogP contribution is -2.63. The molecule has 0 radical (unpaired) electrons. The summed E-state index contributed by atoms with van der Waals surface area (Å²) >= 11 is 2.38. The first kappa shape index (κ1) is 26.9. The van der Waals surface area contributed by atoms with Gasteiger partial charge in [-0.2, -0.15) is 8.78 Å². The maximum atomic E-state index is 14.4. The summed E-state index contributed by atoms with van der Waals surface area (Å²) < 4.78 is 52.6. The van der Waals surface area contributed by atoms with Gasteiger partial charge in [-0.1, -0.05) is 91.0 Å². The molecule has 5 atom stereocenters. The van der Waals surface area contributed by atoms with Gasteiger partial charge >= 0.3 is 4.83 Å². The van der Waals surface area contributed by atoms with E-state index in [-0.39, 0.29) is 26.4 Å². The highest BCUT2D eigenvalue weighted by molar-refractivity contribution is 9.10. The standard InChI is InChI=1S/C28H29BrF2O5/c29-28(30,31)27-24(32)26(35-18-22-14-8-3-9-15-22)25(34-17-21-12-6-2-7-13-21)23(36-27)19-33-16-20-10-4-1-5-11-20/h1-15,23-27,32H,16-19H2/t23-,24+,25+,26-,27+/m1/s1. The Hall–Kier alpha value is -2.20. The summed E-state index contributed by atoms with van der Waals surface area (Å²) in [7, 11) is 0. The van der Waals surface area contributed by atoms with E-state index in [1.807, 2.05) is 91.0 Å². The Morgan fingerprint density at radius 3 is 1.64 bits per heavy atom. The molecule has 1 fully saturated rings. The number of halogens is 3. The molecule has 0 amide bonds. The zero-order valence-corrected chi connectivity index (χ0v) is 21.2. The van der Waals surface area contributed by atoms with Crippen LogP contribution < -0.4 is 0 Å². The third-order valence-electron chi connectivity index (χ3n) is 5.95. The van der Waals surface area contributed by atoms with E-state index >= 15 is 0 Å². The molecule has 0 bridgehead atoms. The largest absolute Gasteiger partial charge is 0.387 e. The van der Waals surface area contributed by atoms with Crippen LogP contribution in [0, 0.1) is 0 Å². The Morgan fingerprint density at radius 1 is 0.722 bits per heavy atom. The second-order valence-corrected chi connectivity index (χ2v) is 9.71. The number of rotatable bonds is 11. The smallest absolute Gasteiger partial charge is 0.329 e. The van der Waals surface area contributed by atoms with Crippen molar-refractivity contribution < 1.29 is 32.8 Å². The average Bonchev–Trinajstić information content (AvgIpc) is 2.89. The topological polar surface area (TPSA) is 57.2 Å². The van der Waals surface area contributed by atoms with Gasteiger partial charge in [0.15, 0.2) is 6.10 Å². The molecule has 3 aromatic rings. The van der Waals surface area contributed by atoms with E-state index in [0.29, 0.717) is 0 Å². The average molecular weight is 563 g/mol. The highest BCUT2D eigenvalue weighted by atomic mass is 79.9.